The Bertz CT molecular complexity index is 1000. The number of rotatable bonds is 6. The highest BCUT2D eigenvalue weighted by Gasteiger charge is 2.07. The summed E-state index contributed by atoms with van der Waals surface area (Å²) in [5.41, 5.74) is 4.13. The summed E-state index contributed by atoms with van der Waals surface area (Å²) in [7, 11) is 0. The molecule has 0 saturated carbocycles. The zero-order valence-electron chi connectivity index (χ0n) is 14.4. The van der Waals surface area contributed by atoms with Crippen LogP contribution in [0.5, 0.6) is 0 Å². The van der Waals surface area contributed by atoms with E-state index in [0.29, 0.717) is 18.7 Å². The largest absolute Gasteiger partial charge is 0.361 e. The van der Waals surface area contributed by atoms with Crippen LogP contribution < -0.4 is 5.32 Å². The van der Waals surface area contributed by atoms with Gasteiger partial charge in [0.1, 0.15) is 0 Å². The summed E-state index contributed by atoms with van der Waals surface area (Å²) in [5, 5.41) is 8.40. The second-order valence-electron chi connectivity index (χ2n) is 6.27. The first-order chi connectivity index (χ1) is 12.8. The van der Waals surface area contributed by atoms with Crippen molar-refractivity contribution < 1.29 is 4.79 Å². The normalized spacial score (nSPS) is 10.9. The fourth-order valence-corrected chi connectivity index (χ4v) is 3.09. The predicted molar refractivity (Wildman–Crippen MR) is 102 cm³/mol. The summed E-state index contributed by atoms with van der Waals surface area (Å²) in [5.74, 6) is -0.0459. The first kappa shape index (κ1) is 16.1. The van der Waals surface area contributed by atoms with Crippen molar-refractivity contribution in [3.63, 3.8) is 0 Å². The van der Waals surface area contributed by atoms with Crippen LogP contribution in [-0.4, -0.2) is 27.2 Å². The number of nitrogens with zero attached hydrogens (tertiary/aromatic N) is 2. The topological polar surface area (TPSA) is 62.7 Å². The number of para-hydroxylation sites is 1. The van der Waals surface area contributed by atoms with Gasteiger partial charge in [-0.05, 0) is 41.8 Å². The first-order valence-electron chi connectivity index (χ1n) is 8.69. The highest BCUT2D eigenvalue weighted by atomic mass is 16.1. The van der Waals surface area contributed by atoms with Gasteiger partial charge in [-0.1, -0.05) is 30.3 Å². The smallest absolute Gasteiger partial charge is 0.251 e. The van der Waals surface area contributed by atoms with Crippen LogP contribution in [0.4, 0.5) is 0 Å². The van der Waals surface area contributed by atoms with E-state index in [1.165, 1.54) is 10.9 Å². The van der Waals surface area contributed by atoms with Crippen molar-refractivity contribution >= 4 is 16.8 Å². The maximum absolute atomic E-state index is 12.3. The molecule has 0 radical (unpaired) electrons. The molecule has 0 saturated heterocycles. The van der Waals surface area contributed by atoms with Crippen LogP contribution in [0.3, 0.4) is 0 Å². The van der Waals surface area contributed by atoms with E-state index in [4.69, 9.17) is 0 Å². The van der Waals surface area contributed by atoms with Crippen molar-refractivity contribution in [3.8, 4) is 0 Å². The lowest BCUT2D eigenvalue weighted by molar-refractivity contribution is 0.0954. The molecule has 5 nitrogen and oxygen atoms in total. The quantitative estimate of drug-likeness (QED) is 0.563. The third kappa shape index (κ3) is 3.52. The predicted octanol–water partition coefficient (Wildman–Crippen LogP) is 3.39. The first-order valence-corrected chi connectivity index (χ1v) is 8.69. The molecule has 26 heavy (non-hydrogen) atoms. The minimum atomic E-state index is -0.0459. The number of aromatic nitrogens is 3. The van der Waals surface area contributed by atoms with Gasteiger partial charge in [0.2, 0.25) is 0 Å². The van der Waals surface area contributed by atoms with Crippen LogP contribution in [-0.2, 0) is 13.0 Å². The van der Waals surface area contributed by atoms with E-state index < -0.39 is 0 Å². The zero-order chi connectivity index (χ0) is 17.8. The molecule has 0 aliphatic heterocycles. The third-order valence-electron chi connectivity index (χ3n) is 4.47. The molecule has 0 aliphatic rings. The van der Waals surface area contributed by atoms with Crippen LogP contribution in [0.1, 0.15) is 21.5 Å². The number of benzene rings is 2. The van der Waals surface area contributed by atoms with Crippen LogP contribution in [0.15, 0.2) is 73.2 Å². The Hall–Kier alpha value is -3.34. The van der Waals surface area contributed by atoms with Gasteiger partial charge in [-0.25, -0.2) is 0 Å². The summed E-state index contributed by atoms with van der Waals surface area (Å²) in [6.07, 6.45) is 6.49. The second-order valence-corrected chi connectivity index (χ2v) is 6.27. The molecule has 2 aromatic carbocycles. The van der Waals surface area contributed by atoms with Gasteiger partial charge in [0.25, 0.3) is 5.91 Å². The van der Waals surface area contributed by atoms with E-state index in [0.717, 1.165) is 17.5 Å². The van der Waals surface area contributed by atoms with E-state index in [-0.39, 0.29) is 5.91 Å². The lowest BCUT2D eigenvalue weighted by atomic mass is 10.1. The Morgan fingerprint density at radius 2 is 1.92 bits per heavy atom. The molecule has 0 spiro atoms. The molecule has 0 bridgehead atoms. The van der Waals surface area contributed by atoms with E-state index >= 15 is 0 Å². The number of carbonyl (C=O) groups excluding carboxylic acids is 1. The zero-order valence-corrected chi connectivity index (χ0v) is 14.4. The molecular formula is C21H20N4O. The molecule has 0 fully saturated rings. The number of amides is 1. The fourth-order valence-electron chi connectivity index (χ4n) is 3.09. The summed E-state index contributed by atoms with van der Waals surface area (Å²) in [6, 6.07) is 17.8. The van der Waals surface area contributed by atoms with Gasteiger partial charge in [0, 0.05) is 41.6 Å². The average Bonchev–Trinajstić information content (AvgIpc) is 3.32. The minimum Gasteiger partial charge on any atom is -0.361 e. The molecule has 0 unspecified atom stereocenters. The number of nitrogens with one attached hydrogen (secondary N) is 2. The Labute approximate surface area is 151 Å². The number of carbonyl (C=O) groups is 1. The van der Waals surface area contributed by atoms with Crippen LogP contribution in [0, 0.1) is 0 Å². The van der Waals surface area contributed by atoms with E-state index in [2.05, 4.69) is 27.5 Å². The van der Waals surface area contributed by atoms with E-state index in [1.54, 1.807) is 6.20 Å². The van der Waals surface area contributed by atoms with Crippen LogP contribution in [0.2, 0.25) is 0 Å². The maximum Gasteiger partial charge on any atom is 0.251 e. The van der Waals surface area contributed by atoms with Crippen molar-refractivity contribution in [1.82, 2.24) is 20.1 Å². The van der Waals surface area contributed by atoms with Gasteiger partial charge in [0.05, 0.1) is 6.54 Å². The summed E-state index contributed by atoms with van der Waals surface area (Å²) < 4.78 is 1.86. The molecule has 4 rings (SSSR count). The highest BCUT2D eigenvalue weighted by Crippen LogP contribution is 2.17. The monoisotopic (exact) mass is 344 g/mol. The highest BCUT2D eigenvalue weighted by molar-refractivity contribution is 5.94. The molecule has 1 amide bonds. The van der Waals surface area contributed by atoms with Gasteiger partial charge >= 0.3 is 0 Å². The second kappa shape index (κ2) is 7.27. The van der Waals surface area contributed by atoms with Crippen LogP contribution >= 0.6 is 0 Å². The van der Waals surface area contributed by atoms with E-state index in [9.17, 15) is 4.79 Å². The maximum atomic E-state index is 12.3. The molecule has 2 aromatic heterocycles. The Morgan fingerprint density at radius 1 is 1.08 bits per heavy atom. The molecular weight excluding hydrogens is 324 g/mol. The van der Waals surface area contributed by atoms with E-state index in [1.807, 2.05) is 59.5 Å². The van der Waals surface area contributed by atoms with Gasteiger partial charge in [-0.3, -0.25) is 9.48 Å². The molecule has 5 heteroatoms. The van der Waals surface area contributed by atoms with Gasteiger partial charge < -0.3 is 10.3 Å². The summed E-state index contributed by atoms with van der Waals surface area (Å²) >= 11 is 0. The lowest BCUT2D eigenvalue weighted by Gasteiger charge is -2.07. The Kier molecular flexibility index (Phi) is 4.51. The molecule has 4 aromatic rings. The summed E-state index contributed by atoms with van der Waals surface area (Å²) in [4.78, 5) is 15.6. The van der Waals surface area contributed by atoms with Crippen molar-refractivity contribution in [2.24, 2.45) is 0 Å². The molecule has 2 N–H and O–H groups in total. The van der Waals surface area contributed by atoms with Crippen molar-refractivity contribution in [2.75, 3.05) is 6.54 Å². The third-order valence-corrected chi connectivity index (χ3v) is 4.47. The minimum absolute atomic E-state index is 0.0459. The SMILES string of the molecule is O=C(NCCc1c[nH]c2ccccc12)c1ccc(Cn2cccn2)cc1. The summed E-state index contributed by atoms with van der Waals surface area (Å²) in [6.45, 7) is 1.31. The number of hydrogen-bond acceptors (Lipinski definition) is 2. The fraction of sp³-hybridized carbons (Fsp3) is 0.143. The van der Waals surface area contributed by atoms with Crippen molar-refractivity contribution in [1.29, 1.82) is 0 Å². The Morgan fingerprint density at radius 3 is 2.73 bits per heavy atom. The molecule has 130 valence electrons. The van der Waals surface area contributed by atoms with Gasteiger partial charge in [-0.15, -0.1) is 0 Å². The average molecular weight is 344 g/mol. The van der Waals surface area contributed by atoms with Gasteiger partial charge in [0.15, 0.2) is 0 Å². The number of aromatic amines is 1. The molecule has 0 aliphatic carbocycles. The lowest BCUT2D eigenvalue weighted by Crippen LogP contribution is -2.25. The number of fused-ring (bicyclic) bond motifs is 1. The van der Waals surface area contributed by atoms with Crippen LogP contribution in [0.25, 0.3) is 10.9 Å². The molecule has 2 heterocycles. The standard InChI is InChI=1S/C21H20N4O/c26-21(17-8-6-16(7-9-17)15-25-13-3-11-24-25)22-12-10-18-14-23-20-5-2-1-4-19(18)20/h1-9,11,13-14,23H,10,12,15H2,(H,22,26). The van der Waals surface area contributed by atoms with Crippen molar-refractivity contribution in [3.05, 3.63) is 89.9 Å². The number of H-pyrrole nitrogens is 1. The van der Waals surface area contributed by atoms with Crippen molar-refractivity contribution in [2.45, 2.75) is 13.0 Å². The Balaban J connectivity index is 1.33. The number of hydrogen-bond donors (Lipinski definition) is 2. The van der Waals surface area contributed by atoms with Gasteiger partial charge in [-0.2, -0.15) is 5.10 Å². The molecule has 0 atom stereocenters.